The highest BCUT2D eigenvalue weighted by Crippen LogP contribution is 2.51. The van der Waals surface area contributed by atoms with Crippen LogP contribution in [0.25, 0.3) is 6.08 Å². The van der Waals surface area contributed by atoms with Gasteiger partial charge in [-0.05, 0) is 79.1 Å². The Morgan fingerprint density at radius 1 is 1.21 bits per heavy atom. The maximum atomic E-state index is 13.9. The molecule has 0 saturated carbocycles. The van der Waals surface area contributed by atoms with Crippen molar-refractivity contribution >= 4 is 36.3 Å². The summed E-state index contributed by atoms with van der Waals surface area (Å²) in [6.07, 6.45) is 6.30. The van der Waals surface area contributed by atoms with Gasteiger partial charge in [-0.1, -0.05) is 49.6 Å². The van der Waals surface area contributed by atoms with E-state index in [0.29, 0.717) is 37.7 Å². The highest BCUT2D eigenvalue weighted by atomic mass is 32.1. The Hall–Kier alpha value is -2.75. The van der Waals surface area contributed by atoms with E-state index in [4.69, 9.17) is 4.65 Å². The molecule has 3 aliphatic rings. The number of fused-ring (bicyclic) bond motifs is 3. The van der Waals surface area contributed by atoms with Crippen molar-refractivity contribution in [2.45, 2.75) is 71.3 Å². The summed E-state index contributed by atoms with van der Waals surface area (Å²) in [4.78, 5) is 29.5. The number of phenols is 1. The van der Waals surface area contributed by atoms with E-state index in [2.05, 4.69) is 13.8 Å². The van der Waals surface area contributed by atoms with E-state index in [1.807, 2.05) is 23.6 Å². The normalized spacial score (nSPS) is 25.4. The number of halogens is 1. The van der Waals surface area contributed by atoms with Gasteiger partial charge in [0.05, 0.1) is 24.5 Å². The predicted octanol–water partition coefficient (Wildman–Crippen LogP) is 5.96. The molecule has 0 spiro atoms. The molecule has 0 radical (unpaired) electrons. The van der Waals surface area contributed by atoms with Crippen molar-refractivity contribution in [3.05, 3.63) is 68.7 Å². The number of hydrogen-bond donors (Lipinski definition) is 2. The van der Waals surface area contributed by atoms with Crippen LogP contribution < -0.4 is 0 Å². The zero-order valence-electron chi connectivity index (χ0n) is 22.4. The monoisotopic (exact) mass is 551 g/mol. The summed E-state index contributed by atoms with van der Waals surface area (Å²) < 4.78 is 20.0. The number of aromatic hydroxyl groups is 1. The summed E-state index contributed by atoms with van der Waals surface area (Å²) in [7, 11) is -1.00. The van der Waals surface area contributed by atoms with Crippen LogP contribution >= 0.6 is 11.3 Å². The molecule has 5 rings (SSSR count). The molecule has 206 valence electrons. The number of carbonyl (C=O) groups is 2. The maximum absolute atomic E-state index is 13.9. The minimum absolute atomic E-state index is 0.102. The largest absolute Gasteiger partial charge is 0.505 e. The average molecular weight is 551 g/mol. The first-order valence-corrected chi connectivity index (χ1v) is 14.8. The molecule has 2 amide bonds. The summed E-state index contributed by atoms with van der Waals surface area (Å²) in [6.45, 7) is 4.47. The lowest BCUT2D eigenvalue weighted by Gasteiger charge is -2.43. The van der Waals surface area contributed by atoms with Crippen LogP contribution in [0.5, 0.6) is 5.75 Å². The number of likely N-dealkylation sites (tertiary alicyclic amines) is 1. The van der Waals surface area contributed by atoms with Crippen LogP contribution in [-0.4, -0.2) is 40.1 Å². The molecule has 3 heterocycles. The van der Waals surface area contributed by atoms with Crippen molar-refractivity contribution < 1.29 is 28.8 Å². The number of phenolic OH excluding ortho intramolecular Hbond substituents is 1. The molecule has 2 saturated heterocycles. The maximum Gasteiger partial charge on any atom is 0.455 e. The van der Waals surface area contributed by atoms with Gasteiger partial charge in [0.1, 0.15) is 0 Å². The molecule has 9 heteroatoms. The summed E-state index contributed by atoms with van der Waals surface area (Å²) in [5.41, 5.74) is 4.07. The van der Waals surface area contributed by atoms with Crippen molar-refractivity contribution in [2.24, 2.45) is 17.8 Å². The average Bonchev–Trinajstić information content (AvgIpc) is 3.51. The SMILES string of the molecule is CCC/C(=C\c1ccc(O)c(F)c1)CC[C@H]1OB(O)C[C@H]2C1=C(CC)C[C@H]1C(=O)N(Cc3cccs3)C(=O)[C@H]12. The Bertz CT molecular complexity index is 1290. The van der Waals surface area contributed by atoms with E-state index in [-0.39, 0.29) is 35.5 Å². The first-order chi connectivity index (χ1) is 18.8. The van der Waals surface area contributed by atoms with Gasteiger partial charge in [0.25, 0.3) is 0 Å². The van der Waals surface area contributed by atoms with E-state index in [1.165, 1.54) is 33.9 Å². The van der Waals surface area contributed by atoms with E-state index in [1.54, 1.807) is 6.07 Å². The fourth-order valence-electron chi connectivity index (χ4n) is 6.64. The van der Waals surface area contributed by atoms with Crippen LogP contribution in [0.4, 0.5) is 4.39 Å². The Morgan fingerprint density at radius 2 is 2.03 bits per heavy atom. The van der Waals surface area contributed by atoms with Gasteiger partial charge < -0.3 is 14.8 Å². The zero-order valence-corrected chi connectivity index (χ0v) is 23.3. The highest BCUT2D eigenvalue weighted by Gasteiger charge is 2.57. The van der Waals surface area contributed by atoms with E-state index in [0.717, 1.165) is 35.3 Å². The second kappa shape index (κ2) is 11.8. The fourth-order valence-corrected chi connectivity index (χ4v) is 7.33. The van der Waals surface area contributed by atoms with Crippen molar-refractivity contribution in [3.63, 3.8) is 0 Å². The fraction of sp³-hybridized carbons (Fsp3) is 0.467. The van der Waals surface area contributed by atoms with Gasteiger partial charge in [0.2, 0.25) is 11.8 Å². The standard InChI is InChI=1S/C30H35BFNO5S/c1-3-6-18(13-19-8-10-25(34)24(32)14-19)9-11-26-27-20(4-2)15-22-28(23(27)16-31(37)38-26)30(36)33(29(22)35)17-21-7-5-12-39-21/h5,7-8,10,12-14,22-23,26,28,34,37H,3-4,6,9,11,15-17H2,1-2H3/b18-13+/t22-,23+,26-,28-/m1/s1. The van der Waals surface area contributed by atoms with Crippen LogP contribution in [-0.2, 0) is 20.8 Å². The van der Waals surface area contributed by atoms with E-state index < -0.39 is 18.9 Å². The third-order valence-corrected chi connectivity index (χ3v) is 9.22. The summed E-state index contributed by atoms with van der Waals surface area (Å²) in [5.74, 6) is -2.33. The lowest BCUT2D eigenvalue weighted by atomic mass is 9.58. The van der Waals surface area contributed by atoms with Gasteiger partial charge in [-0.15, -0.1) is 11.3 Å². The Balaban J connectivity index is 1.39. The summed E-state index contributed by atoms with van der Waals surface area (Å²) in [6, 6.07) is 8.23. The number of carbonyl (C=O) groups excluding carboxylic acids is 2. The number of imide groups is 1. The third-order valence-electron chi connectivity index (χ3n) is 8.36. The van der Waals surface area contributed by atoms with Crippen LogP contribution in [0.15, 0.2) is 52.4 Å². The minimum Gasteiger partial charge on any atom is -0.505 e. The molecular weight excluding hydrogens is 516 g/mol. The molecule has 1 aromatic carbocycles. The molecule has 2 aliphatic heterocycles. The van der Waals surface area contributed by atoms with Crippen molar-refractivity contribution in [1.29, 1.82) is 0 Å². The van der Waals surface area contributed by atoms with Gasteiger partial charge in [-0.3, -0.25) is 14.5 Å². The van der Waals surface area contributed by atoms with Crippen LogP contribution in [0.2, 0.25) is 6.32 Å². The second-order valence-electron chi connectivity index (χ2n) is 10.8. The second-order valence-corrected chi connectivity index (χ2v) is 11.8. The van der Waals surface area contributed by atoms with Crippen LogP contribution in [0.1, 0.15) is 62.8 Å². The van der Waals surface area contributed by atoms with Gasteiger partial charge in [-0.25, -0.2) is 4.39 Å². The number of rotatable bonds is 9. The van der Waals surface area contributed by atoms with Gasteiger partial charge in [-0.2, -0.15) is 0 Å². The number of amides is 2. The van der Waals surface area contributed by atoms with Crippen molar-refractivity contribution in [1.82, 2.24) is 4.90 Å². The predicted molar refractivity (Wildman–Crippen MR) is 150 cm³/mol. The smallest absolute Gasteiger partial charge is 0.455 e. The van der Waals surface area contributed by atoms with Crippen molar-refractivity contribution in [2.75, 3.05) is 0 Å². The molecule has 39 heavy (non-hydrogen) atoms. The van der Waals surface area contributed by atoms with Gasteiger partial charge in [0.15, 0.2) is 11.6 Å². The Labute approximate surface area is 233 Å². The molecular formula is C30H35BFNO5S. The van der Waals surface area contributed by atoms with Gasteiger partial charge >= 0.3 is 7.12 Å². The number of nitrogens with zero attached hydrogens (tertiary/aromatic N) is 1. The first-order valence-electron chi connectivity index (χ1n) is 13.9. The topological polar surface area (TPSA) is 87.1 Å². The lowest BCUT2D eigenvalue weighted by Crippen LogP contribution is -2.46. The van der Waals surface area contributed by atoms with Gasteiger partial charge in [0, 0.05) is 4.88 Å². The quantitative estimate of drug-likeness (QED) is 0.228. The summed E-state index contributed by atoms with van der Waals surface area (Å²) in [5, 5.41) is 22.2. The first kappa shape index (κ1) is 27.8. The molecule has 0 unspecified atom stereocenters. The molecule has 1 aromatic heterocycles. The molecule has 2 N–H and O–H groups in total. The minimum atomic E-state index is -1.00. The highest BCUT2D eigenvalue weighted by molar-refractivity contribution is 7.09. The lowest BCUT2D eigenvalue weighted by molar-refractivity contribution is -0.140. The Morgan fingerprint density at radius 3 is 2.72 bits per heavy atom. The third kappa shape index (κ3) is 5.62. The van der Waals surface area contributed by atoms with Crippen LogP contribution in [0.3, 0.4) is 0 Å². The molecule has 0 bridgehead atoms. The number of allylic oxidation sites excluding steroid dienone is 2. The molecule has 1 aliphatic carbocycles. The van der Waals surface area contributed by atoms with E-state index >= 15 is 0 Å². The Kier molecular flexibility index (Phi) is 8.40. The number of thiophene rings is 1. The van der Waals surface area contributed by atoms with Crippen LogP contribution in [0, 0.1) is 23.6 Å². The molecule has 6 nitrogen and oxygen atoms in total. The molecule has 2 aromatic rings. The molecule has 4 atom stereocenters. The number of benzene rings is 1. The number of hydrogen-bond acceptors (Lipinski definition) is 6. The van der Waals surface area contributed by atoms with E-state index in [9.17, 15) is 24.1 Å². The molecule has 2 fully saturated rings. The zero-order chi connectivity index (χ0) is 27.7. The van der Waals surface area contributed by atoms with Crippen molar-refractivity contribution in [3.8, 4) is 5.75 Å². The summed E-state index contributed by atoms with van der Waals surface area (Å²) >= 11 is 1.54.